The molecule has 2 aliphatic heterocycles. The maximum absolute atomic E-state index is 12.8. The fraction of sp³-hybridized carbons (Fsp3) is 0.950. The highest BCUT2D eigenvalue weighted by atomic mass is 16.7. The molecule has 12 atom stereocenters. The molecule has 5 aliphatic carbocycles. The monoisotopic (exact) mass is 686 g/mol. The summed E-state index contributed by atoms with van der Waals surface area (Å²) in [5.41, 5.74) is 0.750. The van der Waals surface area contributed by atoms with E-state index >= 15 is 0 Å². The van der Waals surface area contributed by atoms with Crippen LogP contribution in [0.5, 0.6) is 0 Å². The lowest BCUT2D eigenvalue weighted by molar-refractivity contribution is -0.243. The van der Waals surface area contributed by atoms with Gasteiger partial charge in [0.15, 0.2) is 6.29 Å². The van der Waals surface area contributed by atoms with Gasteiger partial charge in [0.05, 0.1) is 31.5 Å². The van der Waals surface area contributed by atoms with Crippen molar-refractivity contribution in [2.75, 3.05) is 33.8 Å². The summed E-state index contributed by atoms with van der Waals surface area (Å²) in [7, 11) is 3.50. The first-order valence-corrected chi connectivity index (χ1v) is 19.7. The van der Waals surface area contributed by atoms with Crippen molar-refractivity contribution in [3.63, 3.8) is 0 Å². The van der Waals surface area contributed by atoms with E-state index in [0.29, 0.717) is 53.7 Å². The maximum Gasteiger partial charge on any atom is 0.410 e. The molecule has 0 aromatic carbocycles. The van der Waals surface area contributed by atoms with Gasteiger partial charge in [0.25, 0.3) is 0 Å². The molecule has 9 heteroatoms. The Labute approximate surface area is 295 Å². The number of fused-ring (bicyclic) bond motifs is 4. The van der Waals surface area contributed by atoms with Crippen molar-refractivity contribution in [2.24, 2.45) is 51.2 Å². The summed E-state index contributed by atoms with van der Waals surface area (Å²) < 4.78 is 31.6. The second-order valence-corrected chi connectivity index (χ2v) is 19.7. The third-order valence-electron chi connectivity index (χ3n) is 15.2. The molecule has 9 nitrogen and oxygen atoms in total. The Kier molecular flexibility index (Phi) is 8.95. The third-order valence-corrected chi connectivity index (χ3v) is 15.2. The summed E-state index contributed by atoms with van der Waals surface area (Å²) in [5.74, 6) is 2.95. The molecule has 0 radical (unpaired) electrons. The molecule has 7 aliphatic rings. The molecule has 5 saturated carbocycles. The van der Waals surface area contributed by atoms with Crippen LogP contribution in [0.15, 0.2) is 0 Å². The summed E-state index contributed by atoms with van der Waals surface area (Å²) in [6.45, 7) is 19.0. The molecular formula is C40H66N2O7. The van der Waals surface area contributed by atoms with Crippen LogP contribution in [0.4, 0.5) is 9.59 Å². The highest BCUT2D eigenvalue weighted by Gasteiger charge is 2.80. The minimum Gasteiger partial charge on any atom is -0.444 e. The van der Waals surface area contributed by atoms with E-state index in [1.54, 1.807) is 19.0 Å². The predicted octanol–water partition coefficient (Wildman–Crippen LogP) is 7.89. The molecule has 0 aromatic heterocycles. The Morgan fingerprint density at radius 3 is 2.35 bits per heavy atom. The van der Waals surface area contributed by atoms with Crippen LogP contribution in [0.1, 0.15) is 120 Å². The lowest BCUT2D eigenvalue weighted by Gasteiger charge is -2.60. The molecule has 7 fully saturated rings. The molecule has 2 amide bonds. The molecule has 0 N–H and O–H groups in total. The summed E-state index contributed by atoms with van der Waals surface area (Å²) in [5, 5.41) is 0. The van der Waals surface area contributed by atoms with Crippen LogP contribution in [0.3, 0.4) is 0 Å². The Bertz CT molecular complexity index is 1280. The van der Waals surface area contributed by atoms with Gasteiger partial charge in [-0.25, -0.2) is 9.59 Å². The third kappa shape index (κ3) is 5.82. The minimum absolute atomic E-state index is 0.0219. The molecule has 0 bridgehead atoms. The average Bonchev–Trinajstić information content (AvgIpc) is 3.60. The standard InChI is InChI=1S/C40H66N2O7/c1-24(2)33(48-34(43)41(9)10)28-13-11-26-29(46-28)21-27-25-12-14-30-37(6,7)31(15-16-40(30)23-39(25,40)18-17-38(26,27)8)47-32-22-42(19-20-45-32)35(44)49-36(3,4)5/h24-33H,11-23H2,1-10H3/t25?,26?,27?,28?,29?,30?,31-,32?,33+,38+,39?,40+/m0/s1. The van der Waals surface area contributed by atoms with Crippen LogP contribution >= 0.6 is 0 Å². The van der Waals surface area contributed by atoms with Gasteiger partial charge in [-0.3, -0.25) is 0 Å². The van der Waals surface area contributed by atoms with Crippen LogP contribution in [0.2, 0.25) is 0 Å². The fourth-order valence-corrected chi connectivity index (χ4v) is 13.0. The van der Waals surface area contributed by atoms with E-state index in [4.69, 9.17) is 23.7 Å². The van der Waals surface area contributed by atoms with Gasteiger partial charge in [0.2, 0.25) is 0 Å². The van der Waals surface area contributed by atoms with Crippen LogP contribution in [0, 0.1) is 51.2 Å². The minimum atomic E-state index is -0.522. The van der Waals surface area contributed by atoms with Gasteiger partial charge in [-0.2, -0.15) is 0 Å². The molecule has 2 saturated heterocycles. The van der Waals surface area contributed by atoms with Gasteiger partial charge in [-0.15, -0.1) is 0 Å². The SMILES string of the molecule is CC(C)[C@@H](OC(=O)N(C)C)C1CCC2C(CC3C4CCC5C(C)(C)[C@@H](OC6CN(C(=O)OC(C)(C)C)CCO6)CC[C@@]56CC46CC[C@]23C)O1. The Balaban J connectivity index is 1.02. The van der Waals surface area contributed by atoms with Crippen molar-refractivity contribution in [2.45, 2.75) is 156 Å². The molecule has 278 valence electrons. The summed E-state index contributed by atoms with van der Waals surface area (Å²) in [6, 6.07) is 0. The fourth-order valence-electron chi connectivity index (χ4n) is 13.0. The Morgan fingerprint density at radius 2 is 1.65 bits per heavy atom. The molecule has 0 aromatic rings. The highest BCUT2D eigenvalue weighted by Crippen LogP contribution is 2.87. The van der Waals surface area contributed by atoms with Crippen molar-refractivity contribution in [3.8, 4) is 0 Å². The molecule has 49 heavy (non-hydrogen) atoms. The first-order valence-electron chi connectivity index (χ1n) is 19.7. The zero-order chi connectivity index (χ0) is 35.3. The number of rotatable bonds is 5. The normalized spacial score (nSPS) is 44.4. The van der Waals surface area contributed by atoms with E-state index < -0.39 is 11.9 Å². The second-order valence-electron chi connectivity index (χ2n) is 19.7. The average molecular weight is 687 g/mol. The lowest BCUT2D eigenvalue weighted by atomic mass is 9.46. The predicted molar refractivity (Wildman–Crippen MR) is 187 cm³/mol. The van der Waals surface area contributed by atoms with Crippen molar-refractivity contribution in [3.05, 3.63) is 0 Å². The number of ether oxygens (including phenoxy) is 5. The Morgan fingerprint density at radius 1 is 0.918 bits per heavy atom. The van der Waals surface area contributed by atoms with Gasteiger partial charge in [0.1, 0.15) is 11.7 Å². The van der Waals surface area contributed by atoms with E-state index in [1.807, 2.05) is 20.8 Å². The smallest absolute Gasteiger partial charge is 0.410 e. The van der Waals surface area contributed by atoms with Gasteiger partial charge in [-0.1, -0.05) is 34.6 Å². The number of nitrogens with zero attached hydrogens (tertiary/aromatic N) is 2. The molecule has 2 spiro atoms. The van der Waals surface area contributed by atoms with E-state index in [9.17, 15) is 9.59 Å². The highest BCUT2D eigenvalue weighted by molar-refractivity contribution is 5.68. The van der Waals surface area contributed by atoms with Crippen LogP contribution in [0.25, 0.3) is 0 Å². The van der Waals surface area contributed by atoms with Crippen molar-refractivity contribution in [1.29, 1.82) is 0 Å². The summed E-state index contributed by atoms with van der Waals surface area (Å²) in [4.78, 5) is 28.7. The topological polar surface area (TPSA) is 86.8 Å². The number of hydrogen-bond donors (Lipinski definition) is 0. The summed E-state index contributed by atoms with van der Waals surface area (Å²) >= 11 is 0. The van der Waals surface area contributed by atoms with Crippen molar-refractivity contribution >= 4 is 12.2 Å². The number of carbonyl (C=O) groups is 2. The van der Waals surface area contributed by atoms with E-state index in [2.05, 4.69) is 34.6 Å². The largest absolute Gasteiger partial charge is 0.444 e. The lowest BCUT2D eigenvalue weighted by Crippen LogP contribution is -2.56. The zero-order valence-electron chi connectivity index (χ0n) is 32.2. The van der Waals surface area contributed by atoms with Gasteiger partial charge in [-0.05, 0) is 136 Å². The molecule has 2 heterocycles. The number of hydrogen-bond acceptors (Lipinski definition) is 7. The van der Waals surface area contributed by atoms with E-state index in [0.717, 1.165) is 18.8 Å². The summed E-state index contributed by atoms with van der Waals surface area (Å²) in [6.07, 6.45) is 11.5. The number of carbonyl (C=O) groups excluding carboxylic acids is 2. The molecule has 8 unspecified atom stereocenters. The van der Waals surface area contributed by atoms with E-state index in [1.165, 1.54) is 56.3 Å². The molecular weight excluding hydrogens is 620 g/mol. The van der Waals surface area contributed by atoms with Crippen molar-refractivity contribution < 1.29 is 33.3 Å². The first kappa shape index (κ1) is 35.8. The van der Waals surface area contributed by atoms with E-state index in [-0.39, 0.29) is 47.9 Å². The molecule has 7 rings (SSSR count). The van der Waals surface area contributed by atoms with Crippen LogP contribution in [-0.4, -0.2) is 92.1 Å². The zero-order valence-corrected chi connectivity index (χ0v) is 32.2. The maximum atomic E-state index is 12.8. The van der Waals surface area contributed by atoms with Crippen LogP contribution in [-0.2, 0) is 23.7 Å². The number of morpholine rings is 1. The number of amides is 2. The second kappa shape index (κ2) is 12.2. The van der Waals surface area contributed by atoms with Crippen molar-refractivity contribution in [1.82, 2.24) is 9.80 Å². The first-order chi connectivity index (χ1) is 22.9. The van der Waals surface area contributed by atoms with Gasteiger partial charge >= 0.3 is 12.2 Å². The van der Waals surface area contributed by atoms with Gasteiger partial charge < -0.3 is 33.5 Å². The van der Waals surface area contributed by atoms with Crippen LogP contribution < -0.4 is 0 Å². The quantitative estimate of drug-likeness (QED) is 0.291. The van der Waals surface area contributed by atoms with Gasteiger partial charge in [0, 0.05) is 20.6 Å². The Hall–Kier alpha value is -1.58.